The van der Waals surface area contributed by atoms with Crippen LogP contribution in [0.15, 0.2) is 291 Å². The minimum absolute atomic E-state index is 1.08. The zero-order valence-electron chi connectivity index (χ0n) is 38.5. The molecule has 0 aromatic heterocycles. The van der Waals surface area contributed by atoms with E-state index in [9.17, 15) is 0 Å². The van der Waals surface area contributed by atoms with Crippen LogP contribution in [0.1, 0.15) is 0 Å². The van der Waals surface area contributed by atoms with Crippen LogP contribution in [0.2, 0.25) is 0 Å². The van der Waals surface area contributed by atoms with Gasteiger partial charge in [0.05, 0.1) is 0 Å². The Bertz CT molecular complexity index is 3200. The van der Waals surface area contributed by atoms with Crippen LogP contribution in [-0.2, 0) is 0 Å². The van der Waals surface area contributed by atoms with E-state index in [4.69, 9.17) is 0 Å². The number of hydrogen-bond donors (Lipinski definition) is 0. The fraction of sp³-hybridized carbons (Fsp3) is 0. The highest BCUT2D eigenvalue weighted by Crippen LogP contribution is 2.43. The first-order valence-corrected chi connectivity index (χ1v) is 23.8. The van der Waals surface area contributed by atoms with Gasteiger partial charge in [0.25, 0.3) is 0 Å². The average Bonchev–Trinajstić information content (AvgIpc) is 3.43. The van der Waals surface area contributed by atoms with Gasteiger partial charge in [0.1, 0.15) is 0 Å². The van der Waals surface area contributed by atoms with E-state index in [1.807, 2.05) is 0 Å². The van der Waals surface area contributed by atoms with Crippen molar-refractivity contribution in [2.75, 3.05) is 19.6 Å². The van der Waals surface area contributed by atoms with Gasteiger partial charge in [0, 0.05) is 68.2 Å². The molecule has 70 heavy (non-hydrogen) atoms. The maximum atomic E-state index is 2.40. The summed E-state index contributed by atoms with van der Waals surface area (Å²) in [6.45, 7) is 0. The molecule has 12 aromatic carbocycles. The molecular formula is C66H48N4. The number of nitrogens with zero attached hydrogens (tertiary/aromatic N) is 4. The lowest BCUT2D eigenvalue weighted by molar-refractivity contribution is 1.28. The Hall–Kier alpha value is -9.38. The third-order valence-corrected chi connectivity index (χ3v) is 13.1. The van der Waals surface area contributed by atoms with Crippen molar-refractivity contribution in [3.05, 3.63) is 291 Å². The van der Waals surface area contributed by atoms with Gasteiger partial charge in [-0.25, -0.2) is 0 Å². The molecule has 0 saturated heterocycles. The van der Waals surface area contributed by atoms with Crippen molar-refractivity contribution in [3.63, 3.8) is 0 Å². The van der Waals surface area contributed by atoms with Gasteiger partial charge in [-0.05, 0) is 178 Å². The standard InChI is InChI=1S/C66H48N4/c1-7-19-55(20-8-1)67(56-21-9-2-10-22-56)61-37-31-52-46-64(40-34-49(52)43-61)70(65-41-35-50-44-62(38-32-53(50)47-65)68(57-23-11-3-12-24-57)58-25-13-4-14-26-58)66-42-36-51-45-63(39-33-54(51)48-66)69(59-27-15-5-16-28-59)60-29-17-6-18-30-60/h1-48H. The molecule has 0 aliphatic carbocycles. The number of hydrogen-bond acceptors (Lipinski definition) is 4. The predicted molar refractivity (Wildman–Crippen MR) is 298 cm³/mol. The summed E-state index contributed by atoms with van der Waals surface area (Å²) < 4.78 is 0. The van der Waals surface area contributed by atoms with Crippen molar-refractivity contribution in [2.24, 2.45) is 0 Å². The topological polar surface area (TPSA) is 13.0 Å². The SMILES string of the molecule is c1ccc(N(c2ccccc2)c2ccc3cc(N(c4ccc5cc(N(c6ccccc6)c6ccccc6)ccc5c4)c4ccc5cc(N(c6ccccc6)c6ccccc6)ccc5c4)ccc3c2)cc1. The van der Waals surface area contributed by atoms with Crippen molar-refractivity contribution in [3.8, 4) is 0 Å². The average molecular weight is 897 g/mol. The van der Waals surface area contributed by atoms with Crippen LogP contribution in [0.3, 0.4) is 0 Å². The third-order valence-electron chi connectivity index (χ3n) is 13.1. The number of benzene rings is 12. The smallest absolute Gasteiger partial charge is 0.0468 e. The van der Waals surface area contributed by atoms with Gasteiger partial charge in [-0.1, -0.05) is 146 Å². The lowest BCUT2D eigenvalue weighted by Gasteiger charge is -2.28. The molecule has 0 N–H and O–H groups in total. The van der Waals surface area contributed by atoms with E-state index in [0.717, 1.165) is 101 Å². The highest BCUT2D eigenvalue weighted by atomic mass is 15.2. The van der Waals surface area contributed by atoms with Crippen LogP contribution in [0.4, 0.5) is 68.2 Å². The lowest BCUT2D eigenvalue weighted by atomic mass is 10.0. The van der Waals surface area contributed by atoms with Gasteiger partial charge in [0.2, 0.25) is 0 Å². The summed E-state index contributed by atoms with van der Waals surface area (Å²) in [6.07, 6.45) is 0. The number of para-hydroxylation sites is 6. The maximum Gasteiger partial charge on any atom is 0.0468 e. The molecule has 0 radical (unpaired) electrons. The van der Waals surface area contributed by atoms with E-state index < -0.39 is 0 Å². The summed E-state index contributed by atoms with van der Waals surface area (Å²) in [6, 6.07) is 104. The van der Waals surface area contributed by atoms with Gasteiger partial charge in [-0.3, -0.25) is 0 Å². The molecule has 332 valence electrons. The number of rotatable bonds is 12. The van der Waals surface area contributed by atoms with Crippen LogP contribution in [0.5, 0.6) is 0 Å². The fourth-order valence-electron chi connectivity index (χ4n) is 9.75. The summed E-state index contributed by atoms with van der Waals surface area (Å²) in [4.78, 5) is 9.35. The molecule has 0 heterocycles. The molecule has 0 spiro atoms. The van der Waals surface area contributed by atoms with Gasteiger partial charge in [-0.15, -0.1) is 0 Å². The van der Waals surface area contributed by atoms with Crippen molar-refractivity contribution < 1.29 is 0 Å². The number of anilines is 12. The maximum absolute atomic E-state index is 2.40. The van der Waals surface area contributed by atoms with Gasteiger partial charge in [-0.2, -0.15) is 0 Å². The van der Waals surface area contributed by atoms with Crippen LogP contribution in [0, 0.1) is 0 Å². The molecule has 0 fully saturated rings. The fourth-order valence-corrected chi connectivity index (χ4v) is 9.75. The summed E-state index contributed by atoms with van der Waals surface area (Å²) in [5.41, 5.74) is 13.2. The van der Waals surface area contributed by atoms with E-state index in [1.54, 1.807) is 0 Å². The van der Waals surface area contributed by atoms with Crippen LogP contribution >= 0.6 is 0 Å². The van der Waals surface area contributed by atoms with Gasteiger partial charge < -0.3 is 19.6 Å². The zero-order chi connectivity index (χ0) is 46.6. The highest BCUT2D eigenvalue weighted by Gasteiger charge is 2.19. The van der Waals surface area contributed by atoms with Crippen LogP contribution in [0.25, 0.3) is 32.3 Å². The molecule has 4 heteroatoms. The minimum atomic E-state index is 1.08. The van der Waals surface area contributed by atoms with Crippen molar-refractivity contribution >= 4 is 101 Å². The molecule has 0 amide bonds. The second-order valence-electron chi connectivity index (χ2n) is 17.5. The molecule has 4 nitrogen and oxygen atoms in total. The molecule has 12 aromatic rings. The van der Waals surface area contributed by atoms with E-state index >= 15 is 0 Å². The summed E-state index contributed by atoms with van der Waals surface area (Å²) >= 11 is 0. The molecule has 0 atom stereocenters. The molecule has 0 aliphatic heterocycles. The molecule has 0 bridgehead atoms. The normalized spacial score (nSPS) is 11.1. The monoisotopic (exact) mass is 896 g/mol. The summed E-state index contributed by atoms with van der Waals surface area (Å²) in [5.74, 6) is 0. The molecule has 0 aliphatic rings. The minimum Gasteiger partial charge on any atom is -0.310 e. The Labute approximate surface area is 409 Å². The Balaban J connectivity index is 0.963. The molecular weight excluding hydrogens is 849 g/mol. The highest BCUT2D eigenvalue weighted by molar-refractivity contribution is 5.98. The quantitative estimate of drug-likeness (QED) is 0.121. The lowest BCUT2D eigenvalue weighted by Crippen LogP contribution is -2.11. The first kappa shape index (κ1) is 42.0. The molecule has 0 saturated carbocycles. The molecule has 0 unspecified atom stereocenters. The van der Waals surface area contributed by atoms with Crippen molar-refractivity contribution in [2.45, 2.75) is 0 Å². The first-order valence-electron chi connectivity index (χ1n) is 23.8. The predicted octanol–water partition coefficient (Wildman–Crippen LogP) is 19.0. The first-order chi connectivity index (χ1) is 34.7. The van der Waals surface area contributed by atoms with E-state index in [0.29, 0.717) is 0 Å². The zero-order valence-corrected chi connectivity index (χ0v) is 38.5. The Morgan fingerprint density at radius 1 is 0.129 bits per heavy atom. The Morgan fingerprint density at radius 3 is 0.429 bits per heavy atom. The van der Waals surface area contributed by atoms with Gasteiger partial charge in [0.15, 0.2) is 0 Å². The van der Waals surface area contributed by atoms with Crippen molar-refractivity contribution in [1.29, 1.82) is 0 Å². The Kier molecular flexibility index (Phi) is 11.2. The van der Waals surface area contributed by atoms with E-state index in [1.165, 1.54) is 0 Å². The Morgan fingerprint density at radius 2 is 0.271 bits per heavy atom. The molecule has 12 rings (SSSR count). The summed E-state index contributed by atoms with van der Waals surface area (Å²) in [5, 5.41) is 6.97. The third kappa shape index (κ3) is 8.36. The number of fused-ring (bicyclic) bond motifs is 3. The van der Waals surface area contributed by atoms with Crippen LogP contribution < -0.4 is 19.6 Å². The largest absolute Gasteiger partial charge is 0.310 e. The second kappa shape index (κ2) is 18.7. The van der Waals surface area contributed by atoms with E-state index in [-0.39, 0.29) is 0 Å². The summed E-state index contributed by atoms with van der Waals surface area (Å²) in [7, 11) is 0. The van der Waals surface area contributed by atoms with Crippen LogP contribution in [-0.4, -0.2) is 0 Å². The van der Waals surface area contributed by atoms with Crippen molar-refractivity contribution in [1.82, 2.24) is 0 Å². The van der Waals surface area contributed by atoms with Gasteiger partial charge >= 0.3 is 0 Å². The van der Waals surface area contributed by atoms with E-state index in [2.05, 4.69) is 311 Å². The second-order valence-corrected chi connectivity index (χ2v) is 17.5.